The third kappa shape index (κ3) is 5.51. The quantitative estimate of drug-likeness (QED) is 0.852. The zero-order valence-electron chi connectivity index (χ0n) is 10.5. The Morgan fingerprint density at radius 1 is 1.11 bits per heavy atom. The van der Waals surface area contributed by atoms with E-state index in [2.05, 4.69) is 0 Å². The van der Waals surface area contributed by atoms with E-state index >= 15 is 0 Å². The standard InChI is InChI=1S/C13H19F3N2/c1-2-7-18(10-13(14,15)16)9-12-5-3-11(8-17)4-6-12/h3-6H,2,7-10,17H2,1H3. The highest BCUT2D eigenvalue weighted by molar-refractivity contribution is 5.22. The number of alkyl halides is 3. The second-order valence-corrected chi connectivity index (χ2v) is 4.35. The largest absolute Gasteiger partial charge is 0.401 e. The molecule has 0 aliphatic rings. The normalized spacial score (nSPS) is 12.1. The van der Waals surface area contributed by atoms with Crippen molar-refractivity contribution in [3.63, 3.8) is 0 Å². The van der Waals surface area contributed by atoms with Crippen molar-refractivity contribution in [3.8, 4) is 0 Å². The summed E-state index contributed by atoms with van der Waals surface area (Å²) >= 11 is 0. The van der Waals surface area contributed by atoms with Gasteiger partial charge in [0.2, 0.25) is 0 Å². The minimum atomic E-state index is -4.15. The molecule has 0 aromatic heterocycles. The van der Waals surface area contributed by atoms with Gasteiger partial charge in [0, 0.05) is 13.1 Å². The van der Waals surface area contributed by atoms with E-state index in [0.29, 0.717) is 26.1 Å². The fraction of sp³-hybridized carbons (Fsp3) is 0.538. The summed E-state index contributed by atoms with van der Waals surface area (Å²) in [5.41, 5.74) is 7.34. The number of halogens is 3. The van der Waals surface area contributed by atoms with Crippen LogP contribution in [0.4, 0.5) is 13.2 Å². The van der Waals surface area contributed by atoms with Crippen molar-refractivity contribution in [1.82, 2.24) is 4.90 Å². The Hall–Kier alpha value is -1.07. The third-order valence-corrected chi connectivity index (χ3v) is 2.61. The maximum absolute atomic E-state index is 12.4. The molecule has 1 aromatic rings. The van der Waals surface area contributed by atoms with Gasteiger partial charge in [-0.2, -0.15) is 13.2 Å². The van der Waals surface area contributed by atoms with E-state index in [4.69, 9.17) is 5.73 Å². The molecule has 102 valence electrons. The van der Waals surface area contributed by atoms with Crippen molar-refractivity contribution < 1.29 is 13.2 Å². The Bertz CT molecular complexity index is 346. The van der Waals surface area contributed by atoms with Crippen LogP contribution in [0.3, 0.4) is 0 Å². The fourth-order valence-corrected chi connectivity index (χ4v) is 1.82. The van der Waals surface area contributed by atoms with E-state index in [9.17, 15) is 13.2 Å². The van der Waals surface area contributed by atoms with Crippen LogP contribution >= 0.6 is 0 Å². The predicted molar refractivity (Wildman–Crippen MR) is 66.0 cm³/mol. The molecule has 0 unspecified atom stereocenters. The van der Waals surface area contributed by atoms with Crippen LogP contribution in [0, 0.1) is 0 Å². The number of benzene rings is 1. The predicted octanol–water partition coefficient (Wildman–Crippen LogP) is 2.92. The lowest BCUT2D eigenvalue weighted by molar-refractivity contribution is -0.147. The van der Waals surface area contributed by atoms with Crippen molar-refractivity contribution in [2.24, 2.45) is 5.73 Å². The molecule has 0 saturated carbocycles. The van der Waals surface area contributed by atoms with Gasteiger partial charge in [-0.1, -0.05) is 31.2 Å². The van der Waals surface area contributed by atoms with Gasteiger partial charge in [0.25, 0.3) is 0 Å². The zero-order valence-corrected chi connectivity index (χ0v) is 10.5. The molecule has 0 bridgehead atoms. The lowest BCUT2D eigenvalue weighted by Gasteiger charge is -2.23. The van der Waals surface area contributed by atoms with Gasteiger partial charge in [0.15, 0.2) is 0 Å². The molecule has 0 aliphatic carbocycles. The smallest absolute Gasteiger partial charge is 0.326 e. The summed E-state index contributed by atoms with van der Waals surface area (Å²) in [5.74, 6) is 0. The van der Waals surface area contributed by atoms with Crippen LogP contribution in [0.15, 0.2) is 24.3 Å². The molecule has 0 radical (unpaired) electrons. The first kappa shape index (κ1) is 15.0. The molecule has 2 N–H and O–H groups in total. The van der Waals surface area contributed by atoms with E-state index in [1.165, 1.54) is 4.90 Å². The molecular formula is C13H19F3N2. The number of rotatable bonds is 6. The minimum absolute atomic E-state index is 0.318. The second-order valence-electron chi connectivity index (χ2n) is 4.35. The SMILES string of the molecule is CCCN(Cc1ccc(CN)cc1)CC(F)(F)F. The van der Waals surface area contributed by atoms with Crippen molar-refractivity contribution >= 4 is 0 Å². The Morgan fingerprint density at radius 3 is 2.11 bits per heavy atom. The summed E-state index contributed by atoms with van der Waals surface area (Å²) in [6, 6.07) is 7.38. The van der Waals surface area contributed by atoms with Crippen LogP contribution in [-0.4, -0.2) is 24.2 Å². The maximum atomic E-state index is 12.4. The van der Waals surface area contributed by atoms with Gasteiger partial charge >= 0.3 is 6.18 Å². The fourth-order valence-electron chi connectivity index (χ4n) is 1.82. The number of hydrogen-bond donors (Lipinski definition) is 1. The maximum Gasteiger partial charge on any atom is 0.401 e. The molecule has 5 heteroatoms. The molecule has 0 fully saturated rings. The monoisotopic (exact) mass is 260 g/mol. The molecule has 0 spiro atoms. The summed E-state index contributed by atoms with van der Waals surface area (Å²) in [6.45, 7) is 2.22. The van der Waals surface area contributed by atoms with Gasteiger partial charge in [0.05, 0.1) is 6.54 Å². The lowest BCUT2D eigenvalue weighted by Crippen LogP contribution is -2.34. The molecule has 0 saturated heterocycles. The first-order chi connectivity index (χ1) is 8.44. The number of nitrogens with two attached hydrogens (primary N) is 1. The Balaban J connectivity index is 2.64. The highest BCUT2D eigenvalue weighted by Gasteiger charge is 2.30. The van der Waals surface area contributed by atoms with Gasteiger partial charge in [-0.15, -0.1) is 0 Å². The molecule has 0 heterocycles. The van der Waals surface area contributed by atoms with E-state index in [1.54, 1.807) is 0 Å². The highest BCUT2D eigenvalue weighted by atomic mass is 19.4. The Kier molecular flexibility index (Phi) is 5.62. The average molecular weight is 260 g/mol. The zero-order chi connectivity index (χ0) is 13.6. The summed E-state index contributed by atoms with van der Waals surface area (Å²) in [5, 5.41) is 0. The van der Waals surface area contributed by atoms with Crippen LogP contribution < -0.4 is 5.73 Å². The summed E-state index contributed by atoms with van der Waals surface area (Å²) < 4.78 is 37.2. The van der Waals surface area contributed by atoms with Crippen molar-refractivity contribution in [2.75, 3.05) is 13.1 Å². The first-order valence-electron chi connectivity index (χ1n) is 6.01. The highest BCUT2D eigenvalue weighted by Crippen LogP contribution is 2.18. The molecule has 1 aromatic carbocycles. The molecular weight excluding hydrogens is 241 g/mol. The van der Waals surface area contributed by atoms with E-state index in [-0.39, 0.29) is 0 Å². The Morgan fingerprint density at radius 2 is 1.67 bits per heavy atom. The third-order valence-electron chi connectivity index (χ3n) is 2.61. The van der Waals surface area contributed by atoms with E-state index in [0.717, 1.165) is 11.1 Å². The molecule has 18 heavy (non-hydrogen) atoms. The lowest BCUT2D eigenvalue weighted by atomic mass is 10.1. The van der Waals surface area contributed by atoms with Gasteiger partial charge in [-0.05, 0) is 24.1 Å². The average Bonchev–Trinajstić information content (AvgIpc) is 2.28. The first-order valence-corrected chi connectivity index (χ1v) is 6.01. The second kappa shape index (κ2) is 6.75. The van der Waals surface area contributed by atoms with Crippen molar-refractivity contribution in [2.45, 2.75) is 32.6 Å². The summed E-state index contributed by atoms with van der Waals surface area (Å²) in [4.78, 5) is 1.41. The molecule has 0 atom stereocenters. The summed E-state index contributed by atoms with van der Waals surface area (Å²) in [7, 11) is 0. The van der Waals surface area contributed by atoms with Crippen molar-refractivity contribution in [1.29, 1.82) is 0 Å². The van der Waals surface area contributed by atoms with Crippen LogP contribution in [0.2, 0.25) is 0 Å². The molecule has 0 amide bonds. The van der Waals surface area contributed by atoms with Crippen LogP contribution in [0.1, 0.15) is 24.5 Å². The van der Waals surface area contributed by atoms with Crippen molar-refractivity contribution in [3.05, 3.63) is 35.4 Å². The number of nitrogens with zero attached hydrogens (tertiary/aromatic N) is 1. The Labute approximate surface area is 106 Å². The number of hydrogen-bond acceptors (Lipinski definition) is 2. The van der Waals surface area contributed by atoms with Crippen LogP contribution in [-0.2, 0) is 13.1 Å². The van der Waals surface area contributed by atoms with Crippen LogP contribution in [0.5, 0.6) is 0 Å². The minimum Gasteiger partial charge on any atom is -0.326 e. The molecule has 0 aliphatic heterocycles. The van der Waals surface area contributed by atoms with E-state index < -0.39 is 12.7 Å². The molecule has 2 nitrogen and oxygen atoms in total. The topological polar surface area (TPSA) is 29.3 Å². The van der Waals surface area contributed by atoms with Gasteiger partial charge in [-0.3, -0.25) is 4.90 Å². The molecule has 1 rings (SSSR count). The van der Waals surface area contributed by atoms with Gasteiger partial charge in [-0.25, -0.2) is 0 Å². The van der Waals surface area contributed by atoms with Crippen LogP contribution in [0.25, 0.3) is 0 Å². The van der Waals surface area contributed by atoms with Gasteiger partial charge in [0.1, 0.15) is 0 Å². The summed E-state index contributed by atoms with van der Waals surface area (Å²) in [6.07, 6.45) is -3.44. The van der Waals surface area contributed by atoms with E-state index in [1.807, 2.05) is 31.2 Å². The van der Waals surface area contributed by atoms with Gasteiger partial charge < -0.3 is 5.73 Å².